The summed E-state index contributed by atoms with van der Waals surface area (Å²) < 4.78 is 32.6. The molecule has 0 saturated heterocycles. The van der Waals surface area contributed by atoms with E-state index in [2.05, 4.69) is 20.3 Å². The monoisotopic (exact) mass is 378 g/mol. The van der Waals surface area contributed by atoms with Crippen LogP contribution in [0.3, 0.4) is 0 Å². The van der Waals surface area contributed by atoms with Crippen LogP contribution >= 0.6 is 0 Å². The molecule has 134 valence electrons. The van der Waals surface area contributed by atoms with Gasteiger partial charge in [0, 0.05) is 17.8 Å². The fourth-order valence-electron chi connectivity index (χ4n) is 2.10. The Hall–Kier alpha value is -3.45. The lowest BCUT2D eigenvalue weighted by molar-refractivity contribution is -0.384. The summed E-state index contributed by atoms with van der Waals surface area (Å²) in [5.41, 5.74) is -0.434. The lowest BCUT2D eigenvalue weighted by atomic mass is 10.3. The first-order chi connectivity index (χ1) is 12.2. The number of nitrogens with one attached hydrogen (secondary N) is 1. The van der Waals surface area contributed by atoms with Crippen LogP contribution in [0.4, 0.5) is 17.1 Å². The molecule has 2 aromatic heterocycles. The van der Waals surface area contributed by atoms with Crippen molar-refractivity contribution in [3.05, 3.63) is 56.6 Å². The highest BCUT2D eigenvalue weighted by atomic mass is 32.2. The molecule has 1 aromatic carbocycles. The standard InChI is InChI=1S/C13H10N6O6S/c1-7-6-18-12(15-13(7)20)10(5-14-18)17-16-9-3-2-8(26(23,24)25)4-11(9)19(21)22/h2-6H,1H3,(H,15,20)(H,23,24,25)/b17-16+. The van der Waals surface area contributed by atoms with Crippen molar-refractivity contribution >= 4 is 32.8 Å². The first kappa shape index (κ1) is 17.4. The Labute approximate surface area is 144 Å². The number of aromatic nitrogens is 3. The van der Waals surface area contributed by atoms with Gasteiger partial charge >= 0.3 is 0 Å². The number of nitrogens with zero attached hydrogens (tertiary/aromatic N) is 5. The second-order valence-corrected chi connectivity index (χ2v) is 6.59. The Bertz CT molecular complexity index is 1230. The van der Waals surface area contributed by atoms with Crippen molar-refractivity contribution < 1.29 is 17.9 Å². The smallest absolute Gasteiger partial charge is 0.298 e. The number of nitro benzene ring substituents is 1. The fraction of sp³-hybridized carbons (Fsp3) is 0.0769. The van der Waals surface area contributed by atoms with Gasteiger partial charge in [-0.15, -0.1) is 10.2 Å². The fourth-order valence-corrected chi connectivity index (χ4v) is 2.60. The number of H-pyrrole nitrogens is 1. The molecule has 3 aromatic rings. The minimum absolute atomic E-state index is 0.148. The van der Waals surface area contributed by atoms with Gasteiger partial charge in [0.2, 0.25) is 0 Å². The van der Waals surface area contributed by atoms with E-state index >= 15 is 0 Å². The molecule has 0 unspecified atom stereocenters. The summed E-state index contributed by atoms with van der Waals surface area (Å²) in [6.45, 7) is 1.60. The number of aryl methyl sites for hydroxylation is 1. The first-order valence-electron chi connectivity index (χ1n) is 6.92. The predicted molar refractivity (Wildman–Crippen MR) is 87.6 cm³/mol. The average molecular weight is 378 g/mol. The Balaban J connectivity index is 2.07. The van der Waals surface area contributed by atoms with E-state index in [4.69, 9.17) is 4.55 Å². The normalized spacial score (nSPS) is 12.1. The maximum atomic E-state index is 11.7. The lowest BCUT2D eigenvalue weighted by Gasteiger charge is -2.00. The molecule has 2 N–H and O–H groups in total. The second-order valence-electron chi connectivity index (χ2n) is 5.17. The molecule has 0 radical (unpaired) electrons. The maximum Gasteiger partial charge on any atom is 0.298 e. The Morgan fingerprint density at radius 3 is 2.65 bits per heavy atom. The molecule has 0 fully saturated rings. The van der Waals surface area contributed by atoms with E-state index in [0.29, 0.717) is 11.6 Å². The molecule has 0 aliphatic carbocycles. The van der Waals surface area contributed by atoms with Gasteiger partial charge in [0.05, 0.1) is 11.1 Å². The van der Waals surface area contributed by atoms with Crippen molar-refractivity contribution in [3.8, 4) is 0 Å². The van der Waals surface area contributed by atoms with E-state index in [9.17, 15) is 23.3 Å². The molecule has 2 heterocycles. The Kier molecular flexibility index (Phi) is 4.09. The average Bonchev–Trinajstić information content (AvgIpc) is 2.94. The highest BCUT2D eigenvalue weighted by Gasteiger charge is 2.20. The van der Waals surface area contributed by atoms with E-state index in [1.165, 1.54) is 16.9 Å². The highest BCUT2D eigenvalue weighted by Crippen LogP contribution is 2.31. The minimum atomic E-state index is -4.60. The molecule has 26 heavy (non-hydrogen) atoms. The summed E-state index contributed by atoms with van der Waals surface area (Å²) in [4.78, 5) is 23.9. The molecule has 0 atom stereocenters. The van der Waals surface area contributed by atoms with Crippen LogP contribution in [-0.4, -0.2) is 32.5 Å². The summed E-state index contributed by atoms with van der Waals surface area (Å²) in [6, 6.07) is 2.66. The van der Waals surface area contributed by atoms with E-state index in [1.807, 2.05) is 0 Å². The summed E-state index contributed by atoms with van der Waals surface area (Å²) in [7, 11) is -4.60. The zero-order valence-corrected chi connectivity index (χ0v) is 13.8. The second kappa shape index (κ2) is 6.12. The SMILES string of the molecule is Cc1cn2ncc(/N=N/c3ccc(S(=O)(=O)O)cc3[N+](=O)[O-])c2[nH]c1=O. The van der Waals surface area contributed by atoms with Gasteiger partial charge in [-0.05, 0) is 19.1 Å². The number of nitro groups is 1. The molecular weight excluding hydrogens is 368 g/mol. The number of hydrogen-bond acceptors (Lipinski definition) is 8. The van der Waals surface area contributed by atoms with E-state index < -0.39 is 25.6 Å². The van der Waals surface area contributed by atoms with Crippen molar-refractivity contribution in [2.45, 2.75) is 11.8 Å². The van der Waals surface area contributed by atoms with Crippen LogP contribution in [0.2, 0.25) is 0 Å². The van der Waals surface area contributed by atoms with E-state index in [-0.39, 0.29) is 22.6 Å². The molecule has 0 saturated carbocycles. The number of hydrogen-bond donors (Lipinski definition) is 2. The summed E-state index contributed by atoms with van der Waals surface area (Å²) >= 11 is 0. The van der Waals surface area contributed by atoms with Crippen molar-refractivity contribution in [2.24, 2.45) is 10.2 Å². The van der Waals surface area contributed by atoms with Gasteiger partial charge in [-0.3, -0.25) is 19.5 Å². The van der Waals surface area contributed by atoms with Crippen molar-refractivity contribution in [1.82, 2.24) is 14.6 Å². The van der Waals surface area contributed by atoms with Gasteiger partial charge < -0.3 is 4.98 Å². The van der Waals surface area contributed by atoms with Crippen LogP contribution < -0.4 is 5.56 Å². The van der Waals surface area contributed by atoms with Gasteiger partial charge in [-0.2, -0.15) is 13.5 Å². The van der Waals surface area contributed by atoms with E-state index in [0.717, 1.165) is 12.1 Å². The third-order valence-corrected chi connectivity index (χ3v) is 4.24. The molecule has 0 amide bonds. The molecule has 0 spiro atoms. The number of aromatic amines is 1. The van der Waals surface area contributed by atoms with Gasteiger partial charge in [0.25, 0.3) is 21.4 Å². The van der Waals surface area contributed by atoms with Crippen molar-refractivity contribution in [2.75, 3.05) is 0 Å². The topological polar surface area (TPSA) is 172 Å². The predicted octanol–water partition coefficient (Wildman–Crippen LogP) is 1.90. The minimum Gasteiger partial charge on any atom is -0.305 e. The maximum absolute atomic E-state index is 11.7. The van der Waals surface area contributed by atoms with Gasteiger partial charge in [0.15, 0.2) is 11.3 Å². The van der Waals surface area contributed by atoms with Crippen LogP contribution in [0.5, 0.6) is 0 Å². The quantitative estimate of drug-likeness (QED) is 0.302. The highest BCUT2D eigenvalue weighted by molar-refractivity contribution is 7.85. The van der Waals surface area contributed by atoms with Crippen LogP contribution in [0.15, 0.2) is 50.5 Å². The van der Waals surface area contributed by atoms with Crippen molar-refractivity contribution in [3.63, 3.8) is 0 Å². The van der Waals surface area contributed by atoms with Gasteiger partial charge in [-0.25, -0.2) is 4.52 Å². The molecule has 13 heteroatoms. The lowest BCUT2D eigenvalue weighted by Crippen LogP contribution is -2.11. The molecule has 3 rings (SSSR count). The largest absolute Gasteiger partial charge is 0.305 e. The van der Waals surface area contributed by atoms with E-state index in [1.54, 1.807) is 6.92 Å². The summed E-state index contributed by atoms with van der Waals surface area (Å²) in [5, 5.41) is 22.7. The van der Waals surface area contributed by atoms with Gasteiger partial charge in [0.1, 0.15) is 10.6 Å². The number of rotatable bonds is 4. The zero-order valence-electron chi connectivity index (χ0n) is 13.0. The number of benzene rings is 1. The zero-order chi connectivity index (χ0) is 19.1. The molecule has 0 bridgehead atoms. The molecular formula is C13H10N6O6S. The van der Waals surface area contributed by atoms with Crippen LogP contribution in [-0.2, 0) is 10.1 Å². The van der Waals surface area contributed by atoms with Crippen LogP contribution in [0.1, 0.15) is 5.56 Å². The third-order valence-electron chi connectivity index (χ3n) is 3.39. The Morgan fingerprint density at radius 1 is 1.31 bits per heavy atom. The van der Waals surface area contributed by atoms with Gasteiger partial charge in [-0.1, -0.05) is 0 Å². The third kappa shape index (κ3) is 3.20. The first-order valence-corrected chi connectivity index (χ1v) is 8.36. The Morgan fingerprint density at radius 2 is 2.00 bits per heavy atom. The molecule has 12 nitrogen and oxygen atoms in total. The van der Waals surface area contributed by atoms with Crippen LogP contribution in [0.25, 0.3) is 5.65 Å². The number of azo groups is 1. The van der Waals surface area contributed by atoms with Crippen molar-refractivity contribution in [1.29, 1.82) is 0 Å². The summed E-state index contributed by atoms with van der Waals surface area (Å²) in [6.07, 6.45) is 2.78. The molecule has 0 aliphatic heterocycles. The summed E-state index contributed by atoms with van der Waals surface area (Å²) in [5.74, 6) is 0. The molecule has 0 aliphatic rings. The number of fused-ring (bicyclic) bond motifs is 1. The van der Waals surface area contributed by atoms with Crippen LogP contribution in [0, 0.1) is 17.0 Å².